The summed E-state index contributed by atoms with van der Waals surface area (Å²) in [6.07, 6.45) is 2.10. The molecule has 0 aliphatic carbocycles. The molecule has 0 bridgehead atoms. The predicted octanol–water partition coefficient (Wildman–Crippen LogP) is 6.09. The molecule has 0 radical (unpaired) electrons. The van der Waals surface area contributed by atoms with Crippen LogP contribution in [0.5, 0.6) is 0 Å². The van der Waals surface area contributed by atoms with Crippen molar-refractivity contribution in [2.24, 2.45) is 0 Å². The van der Waals surface area contributed by atoms with E-state index in [2.05, 4.69) is 63.1 Å². The molecule has 1 fully saturated rings. The predicted molar refractivity (Wildman–Crippen MR) is 138 cm³/mol. The summed E-state index contributed by atoms with van der Waals surface area (Å²) < 4.78 is 26.5. The van der Waals surface area contributed by atoms with Gasteiger partial charge in [-0.25, -0.2) is 13.4 Å². The molecule has 176 valence electrons. The van der Waals surface area contributed by atoms with E-state index in [1.165, 1.54) is 16.7 Å². The fraction of sp³-hybridized carbons (Fsp3) is 0.444. The third kappa shape index (κ3) is 5.33. The lowest BCUT2D eigenvalue weighted by Gasteiger charge is -2.31. The van der Waals surface area contributed by atoms with Crippen molar-refractivity contribution < 1.29 is 8.42 Å². The number of hydrogen-bond donors (Lipinski definition) is 0. The standard InChI is InChI=1S/C27H34N2O2S2/c1-19-6-7-20(2)21(16-19)17-23-18-32-26(28-23)29-14-12-25(13-15-29)33(30,31)24-10-8-22(9-11-24)27(3,4)5/h6-11,16,18,25H,12-15,17H2,1-5H3. The fourth-order valence-corrected chi connectivity index (χ4v) is 7.01. The fourth-order valence-electron chi connectivity index (χ4n) is 4.40. The Labute approximate surface area is 202 Å². The quantitative estimate of drug-likeness (QED) is 0.441. The average molecular weight is 483 g/mol. The number of aromatic nitrogens is 1. The molecule has 0 N–H and O–H groups in total. The van der Waals surface area contributed by atoms with Crippen molar-refractivity contribution in [2.45, 2.75) is 69.4 Å². The summed E-state index contributed by atoms with van der Waals surface area (Å²) in [7, 11) is -3.32. The summed E-state index contributed by atoms with van der Waals surface area (Å²) in [5.74, 6) is 0. The minimum Gasteiger partial charge on any atom is -0.348 e. The molecule has 3 aromatic rings. The Morgan fingerprint density at radius 3 is 2.33 bits per heavy atom. The Kier molecular flexibility index (Phi) is 6.70. The van der Waals surface area contributed by atoms with Crippen molar-refractivity contribution in [3.05, 3.63) is 75.8 Å². The Morgan fingerprint density at radius 1 is 1.03 bits per heavy atom. The summed E-state index contributed by atoms with van der Waals surface area (Å²) in [5, 5.41) is 2.81. The van der Waals surface area contributed by atoms with E-state index in [1.54, 1.807) is 23.5 Å². The monoisotopic (exact) mass is 482 g/mol. The number of nitrogens with zero attached hydrogens (tertiary/aromatic N) is 2. The lowest BCUT2D eigenvalue weighted by atomic mass is 9.87. The summed E-state index contributed by atoms with van der Waals surface area (Å²) in [4.78, 5) is 7.56. The van der Waals surface area contributed by atoms with Crippen molar-refractivity contribution in [2.75, 3.05) is 18.0 Å². The van der Waals surface area contributed by atoms with Crippen LogP contribution in [-0.4, -0.2) is 31.7 Å². The Hall–Kier alpha value is -2.18. The van der Waals surface area contributed by atoms with E-state index in [9.17, 15) is 8.42 Å². The van der Waals surface area contributed by atoms with Gasteiger partial charge in [0.25, 0.3) is 0 Å². The zero-order valence-electron chi connectivity index (χ0n) is 20.3. The molecule has 4 rings (SSSR count). The second kappa shape index (κ2) is 9.22. The van der Waals surface area contributed by atoms with Crippen LogP contribution in [0.15, 0.2) is 52.7 Å². The van der Waals surface area contributed by atoms with Crippen LogP contribution >= 0.6 is 11.3 Å². The molecule has 2 aromatic carbocycles. The van der Waals surface area contributed by atoms with Crippen LogP contribution in [0.3, 0.4) is 0 Å². The van der Waals surface area contributed by atoms with Gasteiger partial charge in [0.05, 0.1) is 15.8 Å². The second-order valence-electron chi connectivity index (χ2n) is 10.2. The molecule has 6 heteroatoms. The van der Waals surface area contributed by atoms with Crippen LogP contribution in [0.2, 0.25) is 0 Å². The third-order valence-electron chi connectivity index (χ3n) is 6.62. The molecule has 2 heterocycles. The van der Waals surface area contributed by atoms with Crippen LogP contribution in [0.1, 0.15) is 61.6 Å². The van der Waals surface area contributed by atoms with Crippen LogP contribution in [0.4, 0.5) is 5.13 Å². The number of rotatable bonds is 5. The lowest BCUT2D eigenvalue weighted by Crippen LogP contribution is -2.39. The van der Waals surface area contributed by atoms with Crippen LogP contribution in [-0.2, 0) is 21.7 Å². The van der Waals surface area contributed by atoms with E-state index in [0.717, 1.165) is 35.9 Å². The maximum Gasteiger partial charge on any atom is 0.185 e. The minimum absolute atomic E-state index is 0.0121. The van der Waals surface area contributed by atoms with Crippen molar-refractivity contribution in [1.29, 1.82) is 0 Å². The van der Waals surface area contributed by atoms with Gasteiger partial charge >= 0.3 is 0 Å². The lowest BCUT2D eigenvalue weighted by molar-refractivity contribution is 0.529. The van der Waals surface area contributed by atoms with Gasteiger partial charge in [-0.3, -0.25) is 0 Å². The topological polar surface area (TPSA) is 50.3 Å². The van der Waals surface area contributed by atoms with Crippen molar-refractivity contribution >= 4 is 26.3 Å². The first-order chi connectivity index (χ1) is 15.5. The summed E-state index contributed by atoms with van der Waals surface area (Å²) in [6.45, 7) is 12.1. The highest BCUT2D eigenvalue weighted by atomic mass is 32.2. The normalized spacial score (nSPS) is 15.7. The number of sulfone groups is 1. The maximum absolute atomic E-state index is 13.2. The molecule has 0 spiro atoms. The highest BCUT2D eigenvalue weighted by Crippen LogP contribution is 2.31. The Bertz CT molecular complexity index is 1210. The number of hydrogen-bond acceptors (Lipinski definition) is 5. The Balaban J connectivity index is 1.40. The minimum atomic E-state index is -3.32. The molecule has 1 aliphatic rings. The molecule has 1 aromatic heterocycles. The first-order valence-electron chi connectivity index (χ1n) is 11.6. The zero-order chi connectivity index (χ0) is 23.8. The molecule has 0 atom stereocenters. The average Bonchev–Trinajstić information content (AvgIpc) is 3.24. The molecule has 0 saturated carbocycles. The third-order valence-corrected chi connectivity index (χ3v) is 9.84. The van der Waals surface area contributed by atoms with Crippen molar-refractivity contribution in [1.82, 2.24) is 4.98 Å². The highest BCUT2D eigenvalue weighted by Gasteiger charge is 2.32. The molecule has 1 aliphatic heterocycles. The van der Waals surface area contributed by atoms with Crippen LogP contribution < -0.4 is 4.90 Å². The first-order valence-corrected chi connectivity index (χ1v) is 14.1. The SMILES string of the molecule is Cc1ccc(C)c(Cc2csc(N3CCC(S(=O)(=O)c4ccc(C(C)(C)C)cc4)CC3)n2)c1. The Morgan fingerprint density at radius 2 is 1.70 bits per heavy atom. The summed E-state index contributed by atoms with van der Waals surface area (Å²) >= 11 is 1.66. The van der Waals surface area contributed by atoms with Gasteiger partial charge in [-0.2, -0.15) is 0 Å². The van der Waals surface area contributed by atoms with Gasteiger partial charge in [-0.15, -0.1) is 11.3 Å². The van der Waals surface area contributed by atoms with Crippen LogP contribution in [0.25, 0.3) is 0 Å². The molecule has 0 unspecified atom stereocenters. The van der Waals surface area contributed by atoms with Crippen LogP contribution in [0, 0.1) is 13.8 Å². The molecular formula is C27H34N2O2S2. The van der Waals surface area contributed by atoms with E-state index < -0.39 is 9.84 Å². The molecule has 1 saturated heterocycles. The number of piperidine rings is 1. The molecule has 33 heavy (non-hydrogen) atoms. The zero-order valence-corrected chi connectivity index (χ0v) is 21.9. The van der Waals surface area contributed by atoms with Gasteiger partial charge in [-0.1, -0.05) is 56.7 Å². The number of benzene rings is 2. The maximum atomic E-state index is 13.2. The van der Waals surface area contributed by atoms with Gasteiger partial charge in [0.2, 0.25) is 0 Å². The number of thiazole rings is 1. The van der Waals surface area contributed by atoms with E-state index in [-0.39, 0.29) is 10.7 Å². The van der Waals surface area contributed by atoms with E-state index in [1.807, 2.05) is 12.1 Å². The molecule has 0 amide bonds. The molecule has 4 nitrogen and oxygen atoms in total. The second-order valence-corrected chi connectivity index (χ2v) is 13.3. The largest absolute Gasteiger partial charge is 0.348 e. The summed E-state index contributed by atoms with van der Waals surface area (Å²) in [6, 6.07) is 14.0. The molecular weight excluding hydrogens is 448 g/mol. The summed E-state index contributed by atoms with van der Waals surface area (Å²) in [5.41, 5.74) is 6.11. The first kappa shape index (κ1) is 24.0. The van der Waals surface area contributed by atoms with Gasteiger partial charge in [0.1, 0.15) is 0 Å². The van der Waals surface area contributed by atoms with E-state index >= 15 is 0 Å². The smallest absolute Gasteiger partial charge is 0.185 e. The van der Waals surface area contributed by atoms with E-state index in [4.69, 9.17) is 4.98 Å². The van der Waals surface area contributed by atoms with E-state index in [0.29, 0.717) is 17.7 Å². The number of anilines is 1. The van der Waals surface area contributed by atoms with Gasteiger partial charge in [0.15, 0.2) is 15.0 Å². The highest BCUT2D eigenvalue weighted by molar-refractivity contribution is 7.92. The van der Waals surface area contributed by atoms with Gasteiger partial charge in [0, 0.05) is 24.9 Å². The van der Waals surface area contributed by atoms with Crippen molar-refractivity contribution in [3.8, 4) is 0 Å². The van der Waals surface area contributed by atoms with Crippen molar-refractivity contribution in [3.63, 3.8) is 0 Å². The van der Waals surface area contributed by atoms with Gasteiger partial charge < -0.3 is 4.90 Å². The number of aryl methyl sites for hydroxylation is 2. The van der Waals surface area contributed by atoms with Gasteiger partial charge in [-0.05, 0) is 60.9 Å².